The van der Waals surface area contributed by atoms with Crippen LogP contribution in [0.1, 0.15) is 18.4 Å². The molecule has 1 atom stereocenters. The molecule has 1 aliphatic rings. The number of aromatic nitrogens is 2. The Labute approximate surface area is 162 Å². The molecule has 1 N–H and O–H groups in total. The molecule has 27 heavy (non-hydrogen) atoms. The fraction of sp³-hybridized carbons (Fsp3) is 0.412. The molecule has 7 nitrogen and oxygen atoms in total. The van der Waals surface area contributed by atoms with Gasteiger partial charge >= 0.3 is 0 Å². The standard InChI is InChI=1S/C17H20ClFN4O3S/c1-27(25,26)23-8-3-4-12(10-23)17(24)20-16-7-9-22(21-16)11-13-14(18)5-2-6-15(13)19/h2,5-7,9,12H,3-4,8,10-11H2,1H3,(H,20,21,24)/t12-/m1/s1. The number of anilines is 1. The van der Waals surface area contributed by atoms with Gasteiger partial charge in [0.2, 0.25) is 15.9 Å². The molecule has 0 aliphatic carbocycles. The Bertz CT molecular complexity index is 927. The highest BCUT2D eigenvalue weighted by Crippen LogP contribution is 2.22. The number of halogens is 2. The van der Waals surface area contributed by atoms with Gasteiger partial charge in [-0.1, -0.05) is 17.7 Å². The van der Waals surface area contributed by atoms with Crippen molar-refractivity contribution in [3.8, 4) is 0 Å². The van der Waals surface area contributed by atoms with Crippen LogP contribution in [0, 0.1) is 11.7 Å². The molecule has 1 saturated heterocycles. The summed E-state index contributed by atoms with van der Waals surface area (Å²) in [5.41, 5.74) is 0.316. The zero-order chi connectivity index (χ0) is 19.6. The predicted octanol–water partition coefficient (Wildman–Crippen LogP) is 2.33. The van der Waals surface area contributed by atoms with Crippen molar-refractivity contribution in [1.82, 2.24) is 14.1 Å². The van der Waals surface area contributed by atoms with E-state index in [0.29, 0.717) is 35.8 Å². The summed E-state index contributed by atoms with van der Waals surface area (Å²) in [5.74, 6) is -0.812. The number of carbonyl (C=O) groups is 1. The van der Waals surface area contributed by atoms with E-state index in [2.05, 4.69) is 10.4 Å². The van der Waals surface area contributed by atoms with Crippen LogP contribution >= 0.6 is 11.6 Å². The molecule has 1 aliphatic heterocycles. The number of carbonyl (C=O) groups excluding carboxylic acids is 1. The molecule has 2 aromatic rings. The van der Waals surface area contributed by atoms with E-state index in [9.17, 15) is 17.6 Å². The molecule has 3 rings (SSSR count). The molecule has 2 heterocycles. The summed E-state index contributed by atoms with van der Waals surface area (Å²) in [6, 6.07) is 6.05. The number of nitrogens with zero attached hydrogens (tertiary/aromatic N) is 3. The third kappa shape index (κ3) is 4.85. The highest BCUT2D eigenvalue weighted by atomic mass is 35.5. The van der Waals surface area contributed by atoms with Crippen LogP contribution in [0.4, 0.5) is 10.2 Å². The maximum Gasteiger partial charge on any atom is 0.230 e. The van der Waals surface area contributed by atoms with Gasteiger partial charge in [-0.05, 0) is 25.0 Å². The number of hydrogen-bond donors (Lipinski definition) is 1. The summed E-state index contributed by atoms with van der Waals surface area (Å²) in [4.78, 5) is 12.5. The first-order chi connectivity index (χ1) is 12.7. The smallest absolute Gasteiger partial charge is 0.230 e. The topological polar surface area (TPSA) is 84.3 Å². The molecule has 0 spiro atoms. The van der Waals surface area contributed by atoms with Crippen molar-refractivity contribution in [2.24, 2.45) is 5.92 Å². The second-order valence-corrected chi connectivity index (χ2v) is 8.94. The van der Waals surface area contributed by atoms with E-state index >= 15 is 0 Å². The largest absolute Gasteiger partial charge is 0.309 e. The molecule has 1 fully saturated rings. The summed E-state index contributed by atoms with van der Waals surface area (Å²) in [7, 11) is -3.32. The third-order valence-electron chi connectivity index (χ3n) is 4.50. The molecule has 1 aromatic heterocycles. The number of nitrogens with one attached hydrogen (secondary N) is 1. The third-order valence-corrected chi connectivity index (χ3v) is 6.12. The Morgan fingerprint density at radius 1 is 1.41 bits per heavy atom. The fourth-order valence-corrected chi connectivity index (χ4v) is 4.18. The molecule has 0 bridgehead atoms. The average molecular weight is 415 g/mol. The molecular formula is C17H20ClFN4O3S. The lowest BCUT2D eigenvalue weighted by atomic mass is 9.99. The number of benzene rings is 1. The molecule has 0 unspecified atom stereocenters. The first kappa shape index (κ1) is 19.8. The Hall–Kier alpha value is -1.97. The minimum Gasteiger partial charge on any atom is -0.309 e. The van der Waals surface area contributed by atoms with Crippen molar-refractivity contribution in [2.45, 2.75) is 19.4 Å². The van der Waals surface area contributed by atoms with Gasteiger partial charge in [0.15, 0.2) is 5.82 Å². The number of piperidine rings is 1. The first-order valence-electron chi connectivity index (χ1n) is 8.46. The molecule has 1 aromatic carbocycles. The van der Waals surface area contributed by atoms with Gasteiger partial charge < -0.3 is 5.32 Å². The van der Waals surface area contributed by atoms with E-state index in [4.69, 9.17) is 11.6 Å². The number of hydrogen-bond acceptors (Lipinski definition) is 4. The van der Waals surface area contributed by atoms with Gasteiger partial charge in [-0.25, -0.2) is 17.1 Å². The van der Waals surface area contributed by atoms with Crippen LogP contribution in [-0.2, 0) is 21.4 Å². The molecule has 0 saturated carbocycles. The van der Waals surface area contributed by atoms with Crippen molar-refractivity contribution >= 4 is 33.3 Å². The monoisotopic (exact) mass is 414 g/mol. The van der Waals surface area contributed by atoms with Crippen molar-refractivity contribution in [1.29, 1.82) is 0 Å². The molecule has 146 valence electrons. The highest BCUT2D eigenvalue weighted by molar-refractivity contribution is 7.88. The average Bonchev–Trinajstić information content (AvgIpc) is 3.05. The maximum atomic E-state index is 13.9. The zero-order valence-electron chi connectivity index (χ0n) is 14.7. The van der Waals surface area contributed by atoms with Crippen molar-refractivity contribution in [3.05, 3.63) is 46.9 Å². The molecule has 10 heteroatoms. The summed E-state index contributed by atoms with van der Waals surface area (Å²) in [6.45, 7) is 0.726. The van der Waals surface area contributed by atoms with E-state index in [1.165, 1.54) is 21.1 Å². The lowest BCUT2D eigenvalue weighted by Crippen LogP contribution is -2.43. The van der Waals surface area contributed by atoms with E-state index < -0.39 is 21.8 Å². The molecule has 1 amide bonds. The Balaban J connectivity index is 1.64. The minimum absolute atomic E-state index is 0.132. The zero-order valence-corrected chi connectivity index (χ0v) is 16.3. The van der Waals surface area contributed by atoms with Crippen molar-refractivity contribution in [3.63, 3.8) is 0 Å². The summed E-state index contributed by atoms with van der Waals surface area (Å²) in [5, 5.41) is 7.22. The first-order valence-corrected chi connectivity index (χ1v) is 10.7. The van der Waals surface area contributed by atoms with E-state index in [-0.39, 0.29) is 19.0 Å². The normalized spacial score (nSPS) is 18.4. The number of amides is 1. The number of rotatable bonds is 5. The fourth-order valence-electron chi connectivity index (χ4n) is 3.05. The van der Waals surface area contributed by atoms with E-state index in [0.717, 1.165) is 6.26 Å². The minimum atomic E-state index is -3.32. The van der Waals surface area contributed by atoms with Gasteiger partial charge in [0.25, 0.3) is 0 Å². The Kier molecular flexibility index (Phi) is 5.83. The van der Waals surface area contributed by atoms with Crippen molar-refractivity contribution in [2.75, 3.05) is 24.7 Å². The lowest BCUT2D eigenvalue weighted by Gasteiger charge is -2.29. The van der Waals surface area contributed by atoms with Crippen LogP contribution in [0.2, 0.25) is 5.02 Å². The maximum absolute atomic E-state index is 13.9. The van der Waals surface area contributed by atoms with E-state index in [1.54, 1.807) is 18.3 Å². The van der Waals surface area contributed by atoms with Crippen LogP contribution < -0.4 is 5.32 Å². The van der Waals surface area contributed by atoms with Gasteiger partial charge in [0, 0.05) is 35.9 Å². The number of sulfonamides is 1. The van der Waals surface area contributed by atoms with Gasteiger partial charge in [-0.3, -0.25) is 9.48 Å². The van der Waals surface area contributed by atoms with Crippen LogP contribution in [0.3, 0.4) is 0 Å². The molecular weight excluding hydrogens is 395 g/mol. The van der Waals surface area contributed by atoms with Gasteiger partial charge in [-0.15, -0.1) is 0 Å². The Morgan fingerprint density at radius 2 is 2.19 bits per heavy atom. The summed E-state index contributed by atoms with van der Waals surface area (Å²) < 4.78 is 40.0. The lowest BCUT2D eigenvalue weighted by molar-refractivity contribution is -0.120. The van der Waals surface area contributed by atoms with Gasteiger partial charge in [-0.2, -0.15) is 5.10 Å². The van der Waals surface area contributed by atoms with Crippen LogP contribution in [0.25, 0.3) is 0 Å². The SMILES string of the molecule is CS(=O)(=O)N1CCC[C@@H](C(=O)Nc2ccn(Cc3c(F)cccc3Cl)n2)C1. The van der Waals surface area contributed by atoms with Gasteiger partial charge in [0.1, 0.15) is 5.82 Å². The summed E-state index contributed by atoms with van der Waals surface area (Å²) in [6.07, 6.45) is 4.00. The van der Waals surface area contributed by atoms with Crippen LogP contribution in [-0.4, -0.2) is 47.8 Å². The second-order valence-electron chi connectivity index (χ2n) is 6.55. The van der Waals surface area contributed by atoms with Crippen LogP contribution in [0.5, 0.6) is 0 Å². The predicted molar refractivity (Wildman–Crippen MR) is 101 cm³/mol. The van der Waals surface area contributed by atoms with Crippen molar-refractivity contribution < 1.29 is 17.6 Å². The van der Waals surface area contributed by atoms with Gasteiger partial charge in [0.05, 0.1) is 18.7 Å². The van der Waals surface area contributed by atoms with E-state index in [1.807, 2.05) is 0 Å². The second kappa shape index (κ2) is 7.95. The van der Waals surface area contributed by atoms with Crippen LogP contribution in [0.15, 0.2) is 30.5 Å². The highest BCUT2D eigenvalue weighted by Gasteiger charge is 2.30. The molecule has 0 radical (unpaired) electrons. The summed E-state index contributed by atoms with van der Waals surface area (Å²) >= 11 is 6.02. The quantitative estimate of drug-likeness (QED) is 0.813. The Morgan fingerprint density at radius 3 is 2.89 bits per heavy atom.